The number of rotatable bonds is 5. The number of hydrogen-bond donors (Lipinski definition) is 4. The molecule has 0 fully saturated rings. The maximum Gasteiger partial charge on any atom is 0.417 e. The Bertz CT molecular complexity index is 782. The highest BCUT2D eigenvalue weighted by molar-refractivity contribution is 7.81. The van der Waals surface area contributed by atoms with E-state index in [1.165, 1.54) is 0 Å². The second-order valence-electron chi connectivity index (χ2n) is 5.42. The van der Waals surface area contributed by atoms with Crippen LogP contribution >= 0.6 is 12.6 Å². The number of hydrogen-bond acceptors (Lipinski definition) is 5. The van der Waals surface area contributed by atoms with Gasteiger partial charge in [-0.1, -0.05) is 24.3 Å². The Morgan fingerprint density at radius 1 is 1.24 bits per heavy atom. The standard InChI is InChI=1S/C17H17F3N4S/c1-10-6-13(24-16(25)23-9-22)7-14(17(18,19)20)15(10)12-4-2-11(8-21)3-5-12/h2-7,16,23-25H,8,21H2,1H3. The van der Waals surface area contributed by atoms with Crippen molar-refractivity contribution in [2.45, 2.75) is 25.1 Å². The first kappa shape index (κ1) is 19.0. The number of nitriles is 1. The minimum absolute atomic E-state index is 0.116. The molecule has 0 aliphatic rings. The Morgan fingerprint density at radius 3 is 2.40 bits per heavy atom. The van der Waals surface area contributed by atoms with Crippen molar-refractivity contribution in [1.82, 2.24) is 5.32 Å². The number of nitrogens with two attached hydrogens (primary N) is 1. The summed E-state index contributed by atoms with van der Waals surface area (Å²) in [5.74, 6) is 0. The molecule has 2 rings (SSSR count). The Morgan fingerprint density at radius 2 is 1.88 bits per heavy atom. The lowest BCUT2D eigenvalue weighted by atomic mass is 9.93. The number of nitrogens with one attached hydrogen (secondary N) is 2. The molecule has 0 saturated carbocycles. The normalized spacial score (nSPS) is 12.4. The fourth-order valence-corrected chi connectivity index (χ4v) is 2.75. The van der Waals surface area contributed by atoms with Gasteiger partial charge < -0.3 is 11.1 Å². The summed E-state index contributed by atoms with van der Waals surface area (Å²) in [5.41, 5.74) is 6.08. The van der Waals surface area contributed by atoms with E-state index in [9.17, 15) is 13.2 Å². The summed E-state index contributed by atoms with van der Waals surface area (Å²) in [5, 5.41) is 13.6. The van der Waals surface area contributed by atoms with E-state index < -0.39 is 17.2 Å². The van der Waals surface area contributed by atoms with Crippen molar-refractivity contribution >= 4 is 18.3 Å². The molecule has 25 heavy (non-hydrogen) atoms. The first-order valence-electron chi connectivity index (χ1n) is 7.36. The second-order valence-corrected chi connectivity index (χ2v) is 5.93. The van der Waals surface area contributed by atoms with Crippen LogP contribution in [-0.4, -0.2) is 5.50 Å². The molecule has 8 heteroatoms. The number of thiol groups is 1. The lowest BCUT2D eigenvalue weighted by Crippen LogP contribution is -2.27. The Hall–Kier alpha value is -2.37. The van der Waals surface area contributed by atoms with E-state index in [-0.39, 0.29) is 11.3 Å². The van der Waals surface area contributed by atoms with Crippen LogP contribution in [0.2, 0.25) is 0 Å². The van der Waals surface area contributed by atoms with Gasteiger partial charge in [0.15, 0.2) is 11.7 Å². The SMILES string of the molecule is Cc1cc(NC(S)NC#N)cc(C(F)(F)F)c1-c1ccc(CN)cc1. The average Bonchev–Trinajstić information content (AvgIpc) is 2.54. The van der Waals surface area contributed by atoms with Crippen LogP contribution in [0.4, 0.5) is 18.9 Å². The third-order valence-corrected chi connectivity index (χ3v) is 3.88. The Labute approximate surface area is 149 Å². The molecule has 1 unspecified atom stereocenters. The van der Waals surface area contributed by atoms with Crippen LogP contribution < -0.4 is 16.4 Å². The maximum atomic E-state index is 13.6. The van der Waals surface area contributed by atoms with Crippen LogP contribution in [0.15, 0.2) is 36.4 Å². The second kappa shape index (κ2) is 7.68. The molecular formula is C17H17F3N4S. The lowest BCUT2D eigenvalue weighted by molar-refractivity contribution is -0.137. The van der Waals surface area contributed by atoms with Crippen molar-refractivity contribution in [2.24, 2.45) is 5.73 Å². The minimum Gasteiger partial charge on any atom is -0.357 e. The Kier molecular flexibility index (Phi) is 5.82. The number of nitrogens with zero attached hydrogens (tertiary/aromatic N) is 1. The monoisotopic (exact) mass is 366 g/mol. The van der Waals surface area contributed by atoms with E-state index in [0.717, 1.165) is 11.6 Å². The number of aryl methyl sites for hydroxylation is 1. The zero-order chi connectivity index (χ0) is 18.6. The van der Waals surface area contributed by atoms with Gasteiger partial charge >= 0.3 is 6.18 Å². The van der Waals surface area contributed by atoms with Crippen molar-refractivity contribution < 1.29 is 13.2 Å². The molecule has 4 N–H and O–H groups in total. The van der Waals surface area contributed by atoms with Gasteiger partial charge in [-0.3, -0.25) is 5.32 Å². The van der Waals surface area contributed by atoms with Gasteiger partial charge in [0.2, 0.25) is 0 Å². The van der Waals surface area contributed by atoms with Gasteiger partial charge in [0.05, 0.1) is 5.56 Å². The van der Waals surface area contributed by atoms with Crippen LogP contribution in [0.1, 0.15) is 16.7 Å². The van der Waals surface area contributed by atoms with Crippen LogP contribution in [0.25, 0.3) is 11.1 Å². The topological polar surface area (TPSA) is 73.9 Å². The summed E-state index contributed by atoms with van der Waals surface area (Å²) in [6.45, 7) is 1.93. The number of halogens is 3. The summed E-state index contributed by atoms with van der Waals surface area (Å²) in [7, 11) is 0. The lowest BCUT2D eigenvalue weighted by Gasteiger charge is -2.20. The number of anilines is 1. The molecule has 0 aromatic heterocycles. The molecule has 0 radical (unpaired) electrons. The smallest absolute Gasteiger partial charge is 0.357 e. The van der Waals surface area contributed by atoms with Gasteiger partial charge in [-0.2, -0.15) is 18.4 Å². The van der Waals surface area contributed by atoms with E-state index in [1.807, 2.05) is 0 Å². The molecule has 0 bridgehead atoms. The summed E-state index contributed by atoms with van der Waals surface area (Å²) in [6, 6.07) is 9.28. The van der Waals surface area contributed by atoms with Crippen molar-refractivity contribution in [3.8, 4) is 17.3 Å². The highest BCUT2D eigenvalue weighted by atomic mass is 32.1. The van der Waals surface area contributed by atoms with Crippen LogP contribution in [-0.2, 0) is 12.7 Å². The first-order valence-corrected chi connectivity index (χ1v) is 7.88. The van der Waals surface area contributed by atoms with Crippen molar-refractivity contribution in [3.05, 3.63) is 53.1 Å². The summed E-state index contributed by atoms with van der Waals surface area (Å²) in [6.07, 6.45) is -2.85. The Balaban J connectivity index is 2.53. The maximum absolute atomic E-state index is 13.6. The first-order chi connectivity index (χ1) is 11.8. The predicted molar refractivity (Wildman–Crippen MR) is 94.7 cm³/mol. The average molecular weight is 366 g/mol. The highest BCUT2D eigenvalue weighted by Gasteiger charge is 2.35. The molecule has 0 amide bonds. The molecule has 132 valence electrons. The van der Waals surface area contributed by atoms with Gasteiger partial charge in [0.1, 0.15) is 0 Å². The zero-order valence-electron chi connectivity index (χ0n) is 13.4. The highest BCUT2D eigenvalue weighted by Crippen LogP contribution is 2.40. The fourth-order valence-electron chi connectivity index (χ4n) is 2.54. The zero-order valence-corrected chi connectivity index (χ0v) is 14.2. The summed E-state index contributed by atoms with van der Waals surface area (Å²) in [4.78, 5) is 0. The van der Waals surface area contributed by atoms with E-state index in [4.69, 9.17) is 11.0 Å². The van der Waals surface area contributed by atoms with E-state index >= 15 is 0 Å². The van der Waals surface area contributed by atoms with Gasteiger partial charge in [0, 0.05) is 12.2 Å². The van der Waals surface area contributed by atoms with Gasteiger partial charge in [-0.15, -0.1) is 12.6 Å². The molecule has 0 heterocycles. The van der Waals surface area contributed by atoms with Crippen molar-refractivity contribution in [3.63, 3.8) is 0 Å². The molecular weight excluding hydrogens is 349 g/mol. The molecule has 2 aromatic carbocycles. The molecule has 2 aromatic rings. The third-order valence-electron chi connectivity index (χ3n) is 3.62. The molecule has 0 saturated heterocycles. The van der Waals surface area contributed by atoms with Gasteiger partial charge in [0.25, 0.3) is 0 Å². The van der Waals surface area contributed by atoms with Crippen LogP contribution in [0.3, 0.4) is 0 Å². The van der Waals surface area contributed by atoms with Crippen molar-refractivity contribution in [1.29, 1.82) is 5.26 Å². The van der Waals surface area contributed by atoms with Gasteiger partial charge in [-0.25, -0.2) is 0 Å². The fraction of sp³-hybridized carbons (Fsp3) is 0.235. The van der Waals surface area contributed by atoms with E-state index in [2.05, 4.69) is 23.3 Å². The molecule has 0 aliphatic carbocycles. The van der Waals surface area contributed by atoms with E-state index in [1.54, 1.807) is 43.4 Å². The molecule has 0 aliphatic heterocycles. The van der Waals surface area contributed by atoms with Crippen molar-refractivity contribution in [2.75, 3.05) is 5.32 Å². The minimum atomic E-state index is -4.53. The van der Waals surface area contributed by atoms with Crippen LogP contribution in [0.5, 0.6) is 0 Å². The summed E-state index contributed by atoms with van der Waals surface area (Å²) >= 11 is 4.04. The number of benzene rings is 2. The molecule has 0 spiro atoms. The number of alkyl halides is 3. The predicted octanol–water partition coefficient (Wildman–Crippen LogP) is 3.84. The van der Waals surface area contributed by atoms with Crippen LogP contribution in [0, 0.1) is 18.4 Å². The molecule has 4 nitrogen and oxygen atoms in total. The van der Waals surface area contributed by atoms with Gasteiger partial charge in [-0.05, 0) is 41.3 Å². The largest absolute Gasteiger partial charge is 0.417 e. The quantitative estimate of drug-likeness (QED) is 0.281. The van der Waals surface area contributed by atoms with E-state index in [0.29, 0.717) is 17.7 Å². The molecule has 1 atom stereocenters. The third kappa shape index (κ3) is 4.59. The summed E-state index contributed by atoms with van der Waals surface area (Å²) < 4.78 is 40.8.